The van der Waals surface area contributed by atoms with E-state index in [1.165, 1.54) is 14.2 Å². The number of aryl methyl sites for hydroxylation is 2. The standard InChI is InChI=1S/C25H28N6O4S/c1-16-9-10-19(26-12-16)25-30-29-23(31(25)24-20(34-4)7-6-8-21(24)35-5)15-36(32,33)18(3)11-22-27-13-17(2)14-28-22/h6-10,12-14,18H,11,15H2,1-5H3/t18-/m1/s1. The van der Waals surface area contributed by atoms with Crippen LogP contribution in [0.4, 0.5) is 0 Å². The molecular weight excluding hydrogens is 480 g/mol. The number of pyridine rings is 1. The van der Waals surface area contributed by atoms with Crippen LogP contribution in [-0.2, 0) is 22.0 Å². The lowest BCUT2D eigenvalue weighted by Gasteiger charge is -2.18. The van der Waals surface area contributed by atoms with Crippen LogP contribution in [0.3, 0.4) is 0 Å². The van der Waals surface area contributed by atoms with Crippen LogP contribution in [0.1, 0.15) is 29.7 Å². The van der Waals surface area contributed by atoms with E-state index in [1.807, 2.05) is 26.0 Å². The van der Waals surface area contributed by atoms with E-state index in [0.29, 0.717) is 34.5 Å². The van der Waals surface area contributed by atoms with Gasteiger partial charge in [0.05, 0.1) is 19.5 Å². The topological polar surface area (TPSA) is 122 Å². The van der Waals surface area contributed by atoms with Crippen molar-refractivity contribution in [2.45, 2.75) is 38.2 Å². The fourth-order valence-electron chi connectivity index (χ4n) is 3.69. The molecule has 0 aliphatic rings. The van der Waals surface area contributed by atoms with E-state index in [4.69, 9.17) is 9.47 Å². The molecular formula is C25H28N6O4S. The Morgan fingerprint density at radius 2 is 1.53 bits per heavy atom. The highest BCUT2D eigenvalue weighted by Crippen LogP contribution is 2.36. The first-order chi connectivity index (χ1) is 17.2. The Morgan fingerprint density at radius 3 is 2.11 bits per heavy atom. The molecule has 10 nitrogen and oxygen atoms in total. The zero-order valence-corrected chi connectivity index (χ0v) is 21.7. The lowest BCUT2D eigenvalue weighted by atomic mass is 10.2. The number of methoxy groups -OCH3 is 2. The Morgan fingerprint density at radius 1 is 0.889 bits per heavy atom. The summed E-state index contributed by atoms with van der Waals surface area (Å²) in [4.78, 5) is 13.0. The number of nitrogens with zero attached hydrogens (tertiary/aromatic N) is 6. The highest BCUT2D eigenvalue weighted by molar-refractivity contribution is 7.91. The van der Waals surface area contributed by atoms with Crippen LogP contribution in [0.2, 0.25) is 0 Å². The first-order valence-corrected chi connectivity index (χ1v) is 13.0. The van der Waals surface area contributed by atoms with Gasteiger partial charge >= 0.3 is 0 Å². The molecule has 3 aromatic heterocycles. The normalized spacial score (nSPS) is 12.4. The molecule has 0 aliphatic carbocycles. The van der Waals surface area contributed by atoms with E-state index in [1.54, 1.807) is 48.3 Å². The minimum atomic E-state index is -3.67. The number of hydrogen-bond acceptors (Lipinski definition) is 9. The summed E-state index contributed by atoms with van der Waals surface area (Å²) >= 11 is 0. The second-order valence-electron chi connectivity index (χ2n) is 8.51. The second kappa shape index (κ2) is 10.4. The number of rotatable bonds is 9. The minimum Gasteiger partial charge on any atom is -0.494 e. The highest BCUT2D eigenvalue weighted by Gasteiger charge is 2.29. The number of para-hydroxylation sites is 1. The molecule has 4 rings (SSSR count). The SMILES string of the molecule is COc1cccc(OC)c1-n1c(CS(=O)(=O)[C@H](C)Cc2ncc(C)cn2)nnc1-c1ccc(C)cn1. The maximum absolute atomic E-state index is 13.4. The largest absolute Gasteiger partial charge is 0.494 e. The molecule has 0 spiro atoms. The zero-order valence-electron chi connectivity index (χ0n) is 20.8. The highest BCUT2D eigenvalue weighted by atomic mass is 32.2. The summed E-state index contributed by atoms with van der Waals surface area (Å²) in [5.74, 6) is 1.64. The van der Waals surface area contributed by atoms with Gasteiger partial charge in [0.1, 0.15) is 34.5 Å². The summed E-state index contributed by atoms with van der Waals surface area (Å²) in [5.41, 5.74) is 2.91. The molecule has 36 heavy (non-hydrogen) atoms. The maximum Gasteiger partial charge on any atom is 0.187 e. The van der Waals surface area contributed by atoms with Crippen molar-refractivity contribution >= 4 is 9.84 Å². The van der Waals surface area contributed by atoms with Gasteiger partial charge in [0.25, 0.3) is 0 Å². The van der Waals surface area contributed by atoms with Crippen molar-refractivity contribution in [1.29, 1.82) is 0 Å². The third kappa shape index (κ3) is 5.20. The molecule has 0 bridgehead atoms. The lowest BCUT2D eigenvalue weighted by molar-refractivity contribution is 0.390. The molecule has 0 unspecified atom stereocenters. The third-order valence-electron chi connectivity index (χ3n) is 5.74. The molecule has 11 heteroatoms. The van der Waals surface area contributed by atoms with Crippen molar-refractivity contribution in [2.75, 3.05) is 14.2 Å². The molecule has 0 saturated carbocycles. The summed E-state index contributed by atoms with van der Waals surface area (Å²) < 4.78 is 39.7. The van der Waals surface area contributed by atoms with Crippen LogP contribution in [0.5, 0.6) is 11.5 Å². The lowest BCUT2D eigenvalue weighted by Crippen LogP contribution is -2.24. The average Bonchev–Trinajstić information content (AvgIpc) is 3.27. The quantitative estimate of drug-likeness (QED) is 0.335. The molecule has 1 atom stereocenters. The van der Waals surface area contributed by atoms with E-state index in [0.717, 1.165) is 11.1 Å². The summed E-state index contributed by atoms with van der Waals surface area (Å²) in [6, 6.07) is 9.03. The molecule has 0 radical (unpaired) electrons. The Hall–Kier alpha value is -3.86. The van der Waals surface area contributed by atoms with Crippen molar-refractivity contribution < 1.29 is 17.9 Å². The van der Waals surface area contributed by atoms with Gasteiger partial charge in [0.2, 0.25) is 0 Å². The van der Waals surface area contributed by atoms with Crippen molar-refractivity contribution in [3.8, 4) is 28.7 Å². The van der Waals surface area contributed by atoms with Gasteiger partial charge in [0.15, 0.2) is 21.5 Å². The molecule has 0 fully saturated rings. The van der Waals surface area contributed by atoms with Crippen molar-refractivity contribution in [3.63, 3.8) is 0 Å². The Bertz CT molecular complexity index is 1430. The number of hydrogen-bond donors (Lipinski definition) is 0. The summed E-state index contributed by atoms with van der Waals surface area (Å²) in [5, 5.41) is 7.87. The molecule has 0 amide bonds. The van der Waals surface area contributed by atoms with E-state index < -0.39 is 15.1 Å². The fourth-order valence-corrected chi connectivity index (χ4v) is 4.93. The van der Waals surface area contributed by atoms with Gasteiger partial charge in [-0.25, -0.2) is 18.4 Å². The van der Waals surface area contributed by atoms with Crippen molar-refractivity contribution in [1.82, 2.24) is 29.7 Å². The summed E-state index contributed by atoms with van der Waals surface area (Å²) in [7, 11) is -0.604. The first kappa shape index (κ1) is 25.2. The molecule has 4 aromatic rings. The number of sulfone groups is 1. The average molecular weight is 509 g/mol. The number of benzene rings is 1. The third-order valence-corrected chi connectivity index (χ3v) is 7.80. The second-order valence-corrected chi connectivity index (χ2v) is 10.9. The van der Waals surface area contributed by atoms with Crippen LogP contribution in [0, 0.1) is 13.8 Å². The smallest absolute Gasteiger partial charge is 0.187 e. The predicted molar refractivity (Wildman–Crippen MR) is 135 cm³/mol. The van der Waals surface area contributed by atoms with Gasteiger partial charge in [-0.2, -0.15) is 0 Å². The molecule has 0 saturated heterocycles. The van der Waals surface area contributed by atoms with Crippen molar-refractivity contribution in [2.24, 2.45) is 0 Å². The van der Waals surface area contributed by atoms with Crippen molar-refractivity contribution in [3.05, 3.63) is 71.7 Å². The predicted octanol–water partition coefficient (Wildman–Crippen LogP) is 3.30. The Labute approximate surface area is 210 Å². The minimum absolute atomic E-state index is 0.182. The van der Waals surface area contributed by atoms with Crippen LogP contribution >= 0.6 is 0 Å². The number of ether oxygens (including phenoxy) is 2. The molecule has 0 aliphatic heterocycles. The summed E-state index contributed by atoms with van der Waals surface area (Å²) in [6.45, 7) is 5.46. The molecule has 188 valence electrons. The zero-order chi connectivity index (χ0) is 25.9. The molecule has 3 heterocycles. The fraction of sp³-hybridized carbons (Fsp3) is 0.320. The van der Waals surface area contributed by atoms with E-state index in [-0.39, 0.29) is 18.0 Å². The van der Waals surface area contributed by atoms with Gasteiger partial charge in [-0.1, -0.05) is 12.1 Å². The van der Waals surface area contributed by atoms with Crippen LogP contribution < -0.4 is 9.47 Å². The van der Waals surface area contributed by atoms with Gasteiger partial charge in [-0.05, 0) is 50.1 Å². The van der Waals surface area contributed by atoms with Gasteiger partial charge < -0.3 is 9.47 Å². The van der Waals surface area contributed by atoms with E-state index in [2.05, 4.69) is 25.1 Å². The van der Waals surface area contributed by atoms with Crippen LogP contribution in [0.15, 0.2) is 48.9 Å². The van der Waals surface area contributed by atoms with E-state index >= 15 is 0 Å². The Kier molecular flexibility index (Phi) is 7.30. The van der Waals surface area contributed by atoms with Gasteiger partial charge in [0, 0.05) is 25.0 Å². The van der Waals surface area contributed by atoms with Crippen LogP contribution in [-0.4, -0.2) is 57.6 Å². The summed E-state index contributed by atoms with van der Waals surface area (Å²) in [6.07, 6.45) is 5.25. The van der Waals surface area contributed by atoms with Gasteiger partial charge in [-0.15, -0.1) is 10.2 Å². The number of aromatic nitrogens is 6. The Balaban J connectivity index is 1.80. The first-order valence-electron chi connectivity index (χ1n) is 11.3. The molecule has 0 N–H and O–H groups in total. The monoisotopic (exact) mass is 508 g/mol. The maximum atomic E-state index is 13.4. The van der Waals surface area contributed by atoms with Gasteiger partial charge in [-0.3, -0.25) is 9.55 Å². The van der Waals surface area contributed by atoms with Crippen LogP contribution in [0.25, 0.3) is 17.2 Å². The molecule has 1 aromatic carbocycles. The van der Waals surface area contributed by atoms with E-state index in [9.17, 15) is 8.42 Å².